The highest BCUT2D eigenvalue weighted by atomic mass is 16.4. The third-order valence-electron chi connectivity index (χ3n) is 5.04. The summed E-state index contributed by atoms with van der Waals surface area (Å²) in [5, 5.41) is 12.9. The number of aryl methyl sites for hydroxylation is 1. The summed E-state index contributed by atoms with van der Waals surface area (Å²) in [5.74, 6) is -0.251. The summed E-state index contributed by atoms with van der Waals surface area (Å²) in [6, 6.07) is 9.79. The summed E-state index contributed by atoms with van der Waals surface area (Å²) in [6.07, 6.45) is 5.85. The van der Waals surface area contributed by atoms with Crippen LogP contribution in [0.25, 0.3) is 0 Å². The molecule has 1 saturated carbocycles. The lowest BCUT2D eigenvalue weighted by molar-refractivity contribution is -0.142. The number of hydrogen-bond acceptors (Lipinski definition) is 2. The van der Waals surface area contributed by atoms with Crippen molar-refractivity contribution in [3.63, 3.8) is 0 Å². The molecule has 1 atom stereocenters. The van der Waals surface area contributed by atoms with E-state index in [-0.39, 0.29) is 5.92 Å². The van der Waals surface area contributed by atoms with Crippen molar-refractivity contribution < 1.29 is 9.90 Å². The fourth-order valence-corrected chi connectivity index (χ4v) is 3.61. The van der Waals surface area contributed by atoms with Gasteiger partial charge in [-0.3, -0.25) is 4.79 Å². The molecule has 128 valence electrons. The lowest BCUT2D eigenvalue weighted by atomic mass is 9.84. The molecule has 2 N–H and O–H groups in total. The maximum absolute atomic E-state index is 11.1. The number of aliphatic carboxylic acids is 1. The van der Waals surface area contributed by atoms with E-state index >= 15 is 0 Å². The van der Waals surface area contributed by atoms with E-state index in [4.69, 9.17) is 5.11 Å². The number of carboxylic acid groups (broad SMARTS) is 1. The Hall–Kier alpha value is -1.35. The summed E-state index contributed by atoms with van der Waals surface area (Å²) < 4.78 is 0. The normalized spacial score (nSPS) is 23.0. The molecule has 2 rings (SSSR count). The van der Waals surface area contributed by atoms with Gasteiger partial charge in [0.2, 0.25) is 0 Å². The highest BCUT2D eigenvalue weighted by Gasteiger charge is 2.28. The fraction of sp³-hybridized carbons (Fsp3) is 0.650. The van der Waals surface area contributed by atoms with Crippen molar-refractivity contribution in [2.75, 3.05) is 0 Å². The zero-order valence-corrected chi connectivity index (χ0v) is 14.7. The van der Waals surface area contributed by atoms with Crippen molar-refractivity contribution >= 4 is 5.97 Å². The highest BCUT2D eigenvalue weighted by molar-refractivity contribution is 5.70. The molecule has 0 amide bonds. The van der Waals surface area contributed by atoms with Gasteiger partial charge in [-0.15, -0.1) is 0 Å². The van der Waals surface area contributed by atoms with Crippen LogP contribution in [0, 0.1) is 11.8 Å². The molecule has 3 heteroatoms. The van der Waals surface area contributed by atoms with E-state index in [0.29, 0.717) is 18.0 Å². The van der Waals surface area contributed by atoms with Crippen LogP contribution in [0.2, 0.25) is 0 Å². The molecule has 0 saturated heterocycles. The first-order chi connectivity index (χ1) is 11.0. The number of carboxylic acids is 1. The summed E-state index contributed by atoms with van der Waals surface area (Å²) in [4.78, 5) is 11.1. The van der Waals surface area contributed by atoms with Gasteiger partial charge in [-0.25, -0.2) is 0 Å². The molecule has 0 heterocycles. The zero-order valence-electron chi connectivity index (χ0n) is 14.7. The summed E-state index contributed by atoms with van der Waals surface area (Å²) in [5.41, 5.74) is 2.75. The molecular weight excluding hydrogens is 286 g/mol. The molecule has 1 aromatic rings. The summed E-state index contributed by atoms with van der Waals surface area (Å²) >= 11 is 0. The standard InChI is InChI=1S/C20H31NO2/c1-4-5-15-6-8-16(9-7-15)19(14(2)3)21-18-12-10-17(11-13-18)20(22)23/h6-9,14,17-19,21H,4-5,10-13H2,1-3H3,(H,22,23). The fourth-order valence-electron chi connectivity index (χ4n) is 3.61. The minimum atomic E-state index is -0.629. The lowest BCUT2D eigenvalue weighted by Crippen LogP contribution is -2.39. The van der Waals surface area contributed by atoms with Gasteiger partial charge in [-0.2, -0.15) is 0 Å². The molecule has 0 aromatic heterocycles. The molecule has 23 heavy (non-hydrogen) atoms. The van der Waals surface area contributed by atoms with Crippen molar-refractivity contribution in [1.82, 2.24) is 5.32 Å². The first-order valence-corrected chi connectivity index (χ1v) is 9.09. The molecule has 1 unspecified atom stereocenters. The average Bonchev–Trinajstić information content (AvgIpc) is 2.54. The van der Waals surface area contributed by atoms with E-state index in [1.807, 2.05) is 0 Å². The number of hydrogen-bond donors (Lipinski definition) is 2. The van der Waals surface area contributed by atoms with Gasteiger partial charge in [0.1, 0.15) is 0 Å². The maximum Gasteiger partial charge on any atom is 0.306 e. The minimum absolute atomic E-state index is 0.140. The Morgan fingerprint density at radius 1 is 1.17 bits per heavy atom. The third kappa shape index (κ3) is 5.07. The lowest BCUT2D eigenvalue weighted by Gasteiger charge is -2.33. The molecular formula is C20H31NO2. The van der Waals surface area contributed by atoms with Crippen LogP contribution in [0.4, 0.5) is 0 Å². The van der Waals surface area contributed by atoms with Crippen molar-refractivity contribution in [3.05, 3.63) is 35.4 Å². The summed E-state index contributed by atoms with van der Waals surface area (Å²) in [6.45, 7) is 6.71. The minimum Gasteiger partial charge on any atom is -0.481 e. The van der Waals surface area contributed by atoms with Crippen molar-refractivity contribution in [3.8, 4) is 0 Å². The third-order valence-corrected chi connectivity index (χ3v) is 5.04. The van der Waals surface area contributed by atoms with Crippen molar-refractivity contribution in [1.29, 1.82) is 0 Å². The molecule has 0 radical (unpaired) electrons. The van der Waals surface area contributed by atoms with Gasteiger partial charge in [0.05, 0.1) is 5.92 Å². The van der Waals surface area contributed by atoms with Crippen LogP contribution in [0.15, 0.2) is 24.3 Å². The molecule has 0 spiro atoms. The second kappa shape index (κ2) is 8.49. The molecule has 0 bridgehead atoms. The summed E-state index contributed by atoms with van der Waals surface area (Å²) in [7, 11) is 0. The van der Waals surface area contributed by atoms with Crippen LogP contribution >= 0.6 is 0 Å². The van der Waals surface area contributed by atoms with Crippen LogP contribution in [0.5, 0.6) is 0 Å². The van der Waals surface area contributed by atoms with E-state index < -0.39 is 5.97 Å². The monoisotopic (exact) mass is 317 g/mol. The largest absolute Gasteiger partial charge is 0.481 e. The average molecular weight is 317 g/mol. The van der Waals surface area contributed by atoms with E-state index in [1.54, 1.807) is 0 Å². The van der Waals surface area contributed by atoms with Gasteiger partial charge >= 0.3 is 5.97 Å². The van der Waals surface area contributed by atoms with Crippen molar-refractivity contribution in [2.45, 2.75) is 71.4 Å². The van der Waals surface area contributed by atoms with Gasteiger partial charge < -0.3 is 10.4 Å². The second-order valence-electron chi connectivity index (χ2n) is 7.27. The number of rotatable bonds is 7. The van der Waals surface area contributed by atoms with Crippen molar-refractivity contribution in [2.24, 2.45) is 11.8 Å². The first-order valence-electron chi connectivity index (χ1n) is 9.09. The van der Waals surface area contributed by atoms with Crippen LogP contribution in [-0.2, 0) is 11.2 Å². The molecule has 0 aliphatic heterocycles. The molecule has 1 aromatic carbocycles. The molecule has 3 nitrogen and oxygen atoms in total. The van der Waals surface area contributed by atoms with Crippen LogP contribution < -0.4 is 5.32 Å². The Labute approximate surface area is 140 Å². The van der Waals surface area contributed by atoms with E-state index in [2.05, 4.69) is 50.4 Å². The molecule has 1 aliphatic rings. The highest BCUT2D eigenvalue weighted by Crippen LogP contribution is 2.29. The second-order valence-corrected chi connectivity index (χ2v) is 7.27. The van der Waals surface area contributed by atoms with Crippen LogP contribution in [0.3, 0.4) is 0 Å². The van der Waals surface area contributed by atoms with E-state index in [0.717, 1.165) is 32.1 Å². The Morgan fingerprint density at radius 2 is 1.78 bits per heavy atom. The zero-order chi connectivity index (χ0) is 16.8. The van der Waals surface area contributed by atoms with Gasteiger partial charge in [0, 0.05) is 12.1 Å². The Balaban J connectivity index is 1.98. The first kappa shape index (κ1) is 18.0. The maximum atomic E-state index is 11.1. The Kier molecular flexibility index (Phi) is 6.64. The Bertz CT molecular complexity index is 487. The van der Waals surface area contributed by atoms with Crippen LogP contribution in [0.1, 0.15) is 70.0 Å². The number of benzene rings is 1. The molecule has 1 fully saturated rings. The molecule has 1 aliphatic carbocycles. The smallest absolute Gasteiger partial charge is 0.306 e. The SMILES string of the molecule is CCCc1ccc(C(NC2CCC(C(=O)O)CC2)C(C)C)cc1. The quantitative estimate of drug-likeness (QED) is 0.774. The topological polar surface area (TPSA) is 49.3 Å². The predicted molar refractivity (Wildman–Crippen MR) is 94.5 cm³/mol. The van der Waals surface area contributed by atoms with Crippen LogP contribution in [-0.4, -0.2) is 17.1 Å². The van der Waals surface area contributed by atoms with Gasteiger partial charge in [0.25, 0.3) is 0 Å². The number of carbonyl (C=O) groups is 1. The van der Waals surface area contributed by atoms with Gasteiger partial charge in [0.15, 0.2) is 0 Å². The van der Waals surface area contributed by atoms with E-state index in [1.165, 1.54) is 17.5 Å². The van der Waals surface area contributed by atoms with Gasteiger partial charge in [-0.05, 0) is 49.1 Å². The Morgan fingerprint density at radius 3 is 2.26 bits per heavy atom. The number of nitrogens with one attached hydrogen (secondary N) is 1. The van der Waals surface area contributed by atoms with E-state index in [9.17, 15) is 4.79 Å². The van der Waals surface area contributed by atoms with Gasteiger partial charge in [-0.1, -0.05) is 51.5 Å². The predicted octanol–water partition coefficient (Wildman–Crippen LogP) is 4.57.